The van der Waals surface area contributed by atoms with Gasteiger partial charge in [-0.1, -0.05) is 6.07 Å². The highest BCUT2D eigenvalue weighted by molar-refractivity contribution is 5.93. The van der Waals surface area contributed by atoms with E-state index < -0.39 is 5.91 Å². The molecule has 5 N–H and O–H groups in total. The number of hydrogen-bond donors (Lipinski definition) is 3. The quantitative estimate of drug-likeness (QED) is 0.644. The second-order valence-corrected chi connectivity index (χ2v) is 4.65. The number of primary amides is 1. The summed E-state index contributed by atoms with van der Waals surface area (Å²) < 4.78 is 0. The number of anilines is 1. The third-order valence-corrected chi connectivity index (χ3v) is 2.80. The fourth-order valence-electron chi connectivity index (χ4n) is 1.67. The molecule has 0 spiro atoms. The van der Waals surface area contributed by atoms with Crippen molar-refractivity contribution in [3.63, 3.8) is 0 Å². The van der Waals surface area contributed by atoms with Crippen LogP contribution in [-0.2, 0) is 6.54 Å². The molecule has 0 aliphatic rings. The van der Waals surface area contributed by atoms with E-state index in [9.17, 15) is 9.90 Å². The van der Waals surface area contributed by atoms with Crippen LogP contribution in [-0.4, -0.2) is 35.6 Å². The Balaban J connectivity index is 2.64. The molecule has 1 unspecified atom stereocenters. The second-order valence-electron chi connectivity index (χ2n) is 4.65. The maximum atomic E-state index is 11.0. The smallest absolute Gasteiger partial charge is 0.248 e. The Labute approximate surface area is 107 Å². The molecule has 1 amide bonds. The minimum absolute atomic E-state index is 0.304. The Morgan fingerprint density at radius 3 is 2.67 bits per heavy atom. The number of nitrogens with zero attached hydrogens (tertiary/aromatic N) is 1. The number of aliphatic hydroxyl groups is 1. The third-order valence-electron chi connectivity index (χ3n) is 2.80. The molecule has 1 atom stereocenters. The molecule has 100 valence electrons. The first-order chi connectivity index (χ1) is 8.40. The molecule has 0 saturated heterocycles. The molecule has 5 heteroatoms. The van der Waals surface area contributed by atoms with Crippen LogP contribution >= 0.6 is 0 Å². The number of amides is 1. The standard InChI is InChI=1S/C13H21N3O2/c1-9(17)5-6-16(2)8-11-4-3-10(13(15)18)7-12(11)14/h3-4,7,9,17H,5-6,8,14H2,1-2H3,(H2,15,18). The van der Waals surface area contributed by atoms with Crippen LogP contribution < -0.4 is 11.5 Å². The van der Waals surface area contributed by atoms with Crippen LogP contribution in [0.15, 0.2) is 18.2 Å². The maximum absolute atomic E-state index is 11.0. The van der Waals surface area contributed by atoms with Gasteiger partial charge in [-0.2, -0.15) is 0 Å². The van der Waals surface area contributed by atoms with Gasteiger partial charge >= 0.3 is 0 Å². The minimum atomic E-state index is -0.476. The van der Waals surface area contributed by atoms with Crippen molar-refractivity contribution in [3.05, 3.63) is 29.3 Å². The van der Waals surface area contributed by atoms with E-state index in [0.717, 1.165) is 18.5 Å². The van der Waals surface area contributed by atoms with Crippen molar-refractivity contribution in [2.45, 2.75) is 26.0 Å². The Bertz CT molecular complexity index is 419. The Hall–Kier alpha value is -1.59. The Morgan fingerprint density at radius 1 is 1.50 bits per heavy atom. The number of hydrogen-bond acceptors (Lipinski definition) is 4. The SMILES string of the molecule is CC(O)CCN(C)Cc1ccc(C(N)=O)cc1N. The summed E-state index contributed by atoms with van der Waals surface area (Å²) in [6, 6.07) is 5.09. The van der Waals surface area contributed by atoms with Crippen molar-refractivity contribution < 1.29 is 9.90 Å². The summed E-state index contributed by atoms with van der Waals surface area (Å²) >= 11 is 0. The summed E-state index contributed by atoms with van der Waals surface area (Å²) in [6.07, 6.45) is 0.414. The van der Waals surface area contributed by atoms with Crippen LogP contribution in [0.5, 0.6) is 0 Å². The van der Waals surface area contributed by atoms with Gasteiger partial charge in [0.05, 0.1) is 6.10 Å². The first-order valence-electron chi connectivity index (χ1n) is 5.95. The number of carbonyl (C=O) groups is 1. The molecule has 1 aromatic rings. The van der Waals surface area contributed by atoms with Gasteiger partial charge in [-0.15, -0.1) is 0 Å². The number of nitrogen functional groups attached to an aromatic ring is 1. The highest BCUT2D eigenvalue weighted by Crippen LogP contribution is 2.16. The van der Waals surface area contributed by atoms with Crippen LogP contribution in [0, 0.1) is 0 Å². The van der Waals surface area contributed by atoms with E-state index in [0.29, 0.717) is 17.8 Å². The molecule has 1 aromatic carbocycles. The topological polar surface area (TPSA) is 92.6 Å². The first-order valence-corrected chi connectivity index (χ1v) is 5.95. The largest absolute Gasteiger partial charge is 0.398 e. The zero-order valence-corrected chi connectivity index (χ0v) is 10.9. The number of carbonyl (C=O) groups excluding carboxylic acids is 1. The highest BCUT2D eigenvalue weighted by Gasteiger charge is 2.08. The normalized spacial score (nSPS) is 12.7. The predicted octanol–water partition coefficient (Wildman–Crippen LogP) is 0.570. The average Bonchev–Trinajstić information content (AvgIpc) is 2.29. The van der Waals surface area contributed by atoms with Crippen LogP contribution in [0.1, 0.15) is 29.3 Å². The zero-order valence-electron chi connectivity index (χ0n) is 10.9. The monoisotopic (exact) mass is 251 g/mol. The van der Waals surface area contributed by atoms with Gasteiger partial charge in [-0.05, 0) is 38.1 Å². The minimum Gasteiger partial charge on any atom is -0.398 e. The van der Waals surface area contributed by atoms with E-state index in [1.165, 1.54) is 0 Å². The summed E-state index contributed by atoms with van der Waals surface area (Å²) in [5.41, 5.74) is 13.0. The van der Waals surface area contributed by atoms with Crippen molar-refractivity contribution in [2.75, 3.05) is 19.3 Å². The van der Waals surface area contributed by atoms with Gasteiger partial charge in [0.15, 0.2) is 0 Å². The summed E-state index contributed by atoms with van der Waals surface area (Å²) in [4.78, 5) is 13.1. The second kappa shape index (κ2) is 6.37. The number of rotatable bonds is 6. The summed E-state index contributed by atoms with van der Waals surface area (Å²) in [5.74, 6) is -0.476. The molecule has 0 fully saturated rings. The van der Waals surface area contributed by atoms with Crippen molar-refractivity contribution in [1.29, 1.82) is 0 Å². The molecular weight excluding hydrogens is 230 g/mol. The van der Waals surface area contributed by atoms with E-state index in [1.807, 2.05) is 13.1 Å². The van der Waals surface area contributed by atoms with Gasteiger partial charge in [0.25, 0.3) is 0 Å². The molecule has 0 aliphatic heterocycles. The van der Waals surface area contributed by atoms with Crippen LogP contribution in [0.3, 0.4) is 0 Å². The lowest BCUT2D eigenvalue weighted by Gasteiger charge is -2.18. The van der Waals surface area contributed by atoms with E-state index in [4.69, 9.17) is 11.5 Å². The highest BCUT2D eigenvalue weighted by atomic mass is 16.3. The fourth-order valence-corrected chi connectivity index (χ4v) is 1.67. The average molecular weight is 251 g/mol. The Morgan fingerprint density at radius 2 is 2.17 bits per heavy atom. The van der Waals surface area contributed by atoms with E-state index in [-0.39, 0.29) is 6.10 Å². The molecule has 0 saturated carbocycles. The molecule has 0 bridgehead atoms. The van der Waals surface area contributed by atoms with Gasteiger partial charge in [-0.25, -0.2) is 0 Å². The van der Waals surface area contributed by atoms with E-state index >= 15 is 0 Å². The van der Waals surface area contributed by atoms with Crippen molar-refractivity contribution in [3.8, 4) is 0 Å². The molecule has 0 aromatic heterocycles. The summed E-state index contributed by atoms with van der Waals surface area (Å²) in [5, 5.41) is 9.22. The van der Waals surface area contributed by atoms with Gasteiger partial charge in [0.2, 0.25) is 5.91 Å². The van der Waals surface area contributed by atoms with Crippen molar-refractivity contribution in [1.82, 2.24) is 4.90 Å². The maximum Gasteiger partial charge on any atom is 0.248 e. The molecule has 0 radical (unpaired) electrons. The van der Waals surface area contributed by atoms with E-state index in [2.05, 4.69) is 4.90 Å². The van der Waals surface area contributed by atoms with Gasteiger partial charge in [0.1, 0.15) is 0 Å². The number of nitrogens with two attached hydrogens (primary N) is 2. The first kappa shape index (κ1) is 14.5. The molecule has 5 nitrogen and oxygen atoms in total. The van der Waals surface area contributed by atoms with E-state index in [1.54, 1.807) is 19.1 Å². The number of benzene rings is 1. The molecule has 1 rings (SSSR count). The summed E-state index contributed by atoms with van der Waals surface area (Å²) in [6.45, 7) is 3.23. The van der Waals surface area contributed by atoms with Crippen LogP contribution in [0.4, 0.5) is 5.69 Å². The van der Waals surface area contributed by atoms with Gasteiger partial charge in [-0.3, -0.25) is 4.79 Å². The van der Waals surface area contributed by atoms with Crippen LogP contribution in [0.2, 0.25) is 0 Å². The lowest BCUT2D eigenvalue weighted by molar-refractivity contribution is 0.1000. The summed E-state index contributed by atoms with van der Waals surface area (Å²) in [7, 11) is 1.96. The van der Waals surface area contributed by atoms with Crippen LogP contribution in [0.25, 0.3) is 0 Å². The lowest BCUT2D eigenvalue weighted by atomic mass is 10.1. The molecule has 0 aliphatic carbocycles. The lowest BCUT2D eigenvalue weighted by Crippen LogP contribution is -2.22. The van der Waals surface area contributed by atoms with Gasteiger partial charge < -0.3 is 21.5 Å². The fraction of sp³-hybridized carbons (Fsp3) is 0.462. The molecule has 0 heterocycles. The zero-order chi connectivity index (χ0) is 13.7. The van der Waals surface area contributed by atoms with Crippen molar-refractivity contribution >= 4 is 11.6 Å². The third kappa shape index (κ3) is 4.35. The molecular formula is C13H21N3O2. The Kier molecular flexibility index (Phi) is 5.12. The molecule has 18 heavy (non-hydrogen) atoms. The van der Waals surface area contributed by atoms with Crippen molar-refractivity contribution in [2.24, 2.45) is 5.73 Å². The predicted molar refractivity (Wildman–Crippen MR) is 72.0 cm³/mol. The number of aliphatic hydroxyl groups excluding tert-OH is 1. The van der Waals surface area contributed by atoms with Gasteiger partial charge in [0, 0.05) is 24.3 Å².